The summed E-state index contributed by atoms with van der Waals surface area (Å²) in [4.78, 5) is 69.1. The van der Waals surface area contributed by atoms with Gasteiger partial charge in [-0.05, 0) is 57.5 Å². The van der Waals surface area contributed by atoms with Crippen LogP contribution < -0.4 is 19.9 Å². The minimum atomic E-state index is -1.05. The molecule has 0 spiro atoms. The van der Waals surface area contributed by atoms with Gasteiger partial charge in [0.1, 0.15) is 47.9 Å². The van der Waals surface area contributed by atoms with E-state index in [1.807, 2.05) is 15.2 Å². The van der Waals surface area contributed by atoms with Gasteiger partial charge in [-0.15, -0.1) is 16.7 Å². The van der Waals surface area contributed by atoms with Crippen LogP contribution in [0.1, 0.15) is 39.1 Å². The third kappa shape index (κ3) is 8.87. The van der Waals surface area contributed by atoms with Crippen molar-refractivity contribution in [1.82, 2.24) is 29.1 Å². The fourth-order valence-electron chi connectivity index (χ4n) is 5.74. The summed E-state index contributed by atoms with van der Waals surface area (Å²) in [6.45, 7) is 7.31. The summed E-state index contributed by atoms with van der Waals surface area (Å²) in [5.41, 5.74) is 1.74. The summed E-state index contributed by atoms with van der Waals surface area (Å²) in [6.07, 6.45) is 2.70. The van der Waals surface area contributed by atoms with Gasteiger partial charge >= 0.3 is 17.7 Å². The maximum atomic E-state index is 13.9. The highest BCUT2D eigenvalue weighted by molar-refractivity contribution is 8.00. The Hall–Kier alpha value is -5.60. The summed E-state index contributed by atoms with van der Waals surface area (Å²) < 4.78 is 24.1. The Morgan fingerprint density at radius 2 is 1.95 bits per heavy atom. The van der Waals surface area contributed by atoms with Crippen LogP contribution in [0.25, 0.3) is 11.2 Å². The van der Waals surface area contributed by atoms with E-state index < -0.39 is 40.9 Å². The number of amides is 3. The number of aliphatic hydroxyl groups excluding tert-OH is 1. The predicted octanol–water partition coefficient (Wildman–Crippen LogP) is 2.36. The second-order valence-corrected chi connectivity index (χ2v) is 15.0. The lowest BCUT2D eigenvalue weighted by Crippen LogP contribution is -2.71. The molecule has 0 bridgehead atoms. The van der Waals surface area contributed by atoms with E-state index in [0.29, 0.717) is 34.8 Å². The predicted molar refractivity (Wildman–Crippen MR) is 200 cm³/mol. The molecule has 20 heteroatoms. The molecule has 3 aromatic heterocycles. The largest absolute Gasteiger partial charge is 0.497 e. The topological polar surface area (TPSA) is 213 Å². The van der Waals surface area contributed by atoms with Crippen molar-refractivity contribution in [2.75, 3.05) is 31.4 Å². The zero-order valence-corrected chi connectivity index (χ0v) is 32.3. The van der Waals surface area contributed by atoms with E-state index in [-0.39, 0.29) is 48.7 Å². The normalized spacial score (nSPS) is 17.0. The minimum Gasteiger partial charge on any atom is -0.497 e. The summed E-state index contributed by atoms with van der Waals surface area (Å²) >= 11 is 2.17. The highest BCUT2D eigenvalue weighted by Gasteiger charge is 2.55. The summed E-state index contributed by atoms with van der Waals surface area (Å²) in [6, 6.07) is 9.68. The zero-order chi connectivity index (χ0) is 39.3. The molecular formula is C35H40N9O9S2+. The van der Waals surface area contributed by atoms with Gasteiger partial charge in [-0.25, -0.2) is 14.2 Å². The van der Waals surface area contributed by atoms with E-state index in [1.165, 1.54) is 16.7 Å². The number of aliphatic hydroxyl groups is 1. The van der Waals surface area contributed by atoms with E-state index in [0.717, 1.165) is 17.0 Å². The van der Waals surface area contributed by atoms with Crippen molar-refractivity contribution >= 4 is 69.2 Å². The highest BCUT2D eigenvalue weighted by atomic mass is 32.2. The number of carbonyl (C=O) groups excluding carboxylic acids is 4. The highest BCUT2D eigenvalue weighted by Crippen LogP contribution is 2.41. The number of rotatable bonds is 14. The maximum Gasteiger partial charge on any atom is 0.414 e. The Morgan fingerprint density at radius 3 is 2.65 bits per heavy atom. The van der Waals surface area contributed by atoms with E-state index >= 15 is 0 Å². The van der Waals surface area contributed by atoms with Crippen LogP contribution in [-0.4, -0.2) is 102 Å². The standard InChI is InChI=1S/C35H39N9O9S2/c1-6-52-40-24(27-38-33(55-41-27)39-34(49)53-35(2,3)4)29(46)37-25-30(47)44-26(32(48)51-17-20-9-11-22(50-5)12-10-20)21(18-54-31(25)44)16-43-19-42(14-15-45)23-8-7-13-36-28(23)43/h7-13,19,25,31,45H,6,14-18H2,1-5H3,(H-,37,38,39,41,46,49)/p+1/b40-24-. The van der Waals surface area contributed by atoms with Gasteiger partial charge in [0.25, 0.3) is 11.8 Å². The number of nitrogens with zero attached hydrogens (tertiary/aromatic N) is 7. The van der Waals surface area contributed by atoms with Crippen LogP contribution >= 0.6 is 23.3 Å². The zero-order valence-electron chi connectivity index (χ0n) is 30.7. The first-order chi connectivity index (χ1) is 26.4. The molecule has 6 rings (SSSR count). The molecule has 5 heterocycles. The number of imidazole rings is 1. The molecule has 4 aromatic rings. The molecule has 290 valence electrons. The van der Waals surface area contributed by atoms with Crippen molar-refractivity contribution in [3.05, 3.63) is 71.6 Å². The number of ether oxygens (including phenoxy) is 3. The van der Waals surface area contributed by atoms with E-state index in [1.54, 1.807) is 77.7 Å². The molecule has 3 N–H and O–H groups in total. The Bertz CT molecular complexity index is 2140. The number of pyridine rings is 1. The molecule has 18 nitrogen and oxygen atoms in total. The number of thioether (sulfide) groups is 1. The van der Waals surface area contributed by atoms with Crippen LogP contribution in [0.15, 0.2) is 65.3 Å². The molecule has 55 heavy (non-hydrogen) atoms. The lowest BCUT2D eigenvalue weighted by atomic mass is 10.0. The smallest absolute Gasteiger partial charge is 0.414 e. The van der Waals surface area contributed by atoms with E-state index in [4.69, 9.17) is 19.0 Å². The van der Waals surface area contributed by atoms with E-state index in [2.05, 4.69) is 30.1 Å². The fraction of sp³-hybridized carbons (Fsp3) is 0.400. The number of β-lactam (4-membered cyclic amide) rings is 1. The second kappa shape index (κ2) is 16.8. The number of esters is 1. The van der Waals surface area contributed by atoms with Crippen LogP contribution in [0.3, 0.4) is 0 Å². The summed E-state index contributed by atoms with van der Waals surface area (Å²) in [5, 5.41) is 18.1. The van der Waals surface area contributed by atoms with Gasteiger partial charge in [-0.2, -0.15) is 9.36 Å². The first kappa shape index (κ1) is 39.1. The lowest BCUT2D eigenvalue weighted by molar-refractivity contribution is -0.665. The Kier molecular flexibility index (Phi) is 12.0. The average Bonchev–Trinajstić information content (AvgIpc) is 3.76. The molecule has 1 saturated heterocycles. The molecule has 3 amide bonds. The van der Waals surface area contributed by atoms with Crippen LogP contribution in [0.5, 0.6) is 5.75 Å². The Morgan fingerprint density at radius 1 is 1.16 bits per heavy atom. The Labute approximate surface area is 323 Å². The van der Waals surface area contributed by atoms with Crippen LogP contribution in [0.2, 0.25) is 0 Å². The van der Waals surface area contributed by atoms with Crippen molar-refractivity contribution in [3.63, 3.8) is 0 Å². The lowest BCUT2D eigenvalue weighted by Gasteiger charge is -2.49. The fourth-order valence-corrected chi connectivity index (χ4v) is 7.63. The number of methoxy groups -OCH3 is 1. The number of hydrogen-bond acceptors (Lipinski definition) is 15. The van der Waals surface area contributed by atoms with Crippen LogP contribution in [-0.2, 0) is 48.4 Å². The summed E-state index contributed by atoms with van der Waals surface area (Å²) in [5.74, 6) is -1.23. The summed E-state index contributed by atoms with van der Waals surface area (Å²) in [7, 11) is 1.56. The number of anilines is 1. The van der Waals surface area contributed by atoms with Gasteiger partial charge < -0.3 is 29.5 Å². The SMILES string of the molecule is CCO/N=C(\C(=O)NC1C(=O)N2C(C(=O)OCc3ccc(OC)cc3)=C(C[n+]3cn(CCO)c4cccnc43)CSC12)c1nsc(NC(=O)OC(C)(C)C)n1. The minimum absolute atomic E-state index is 0.0537. The van der Waals surface area contributed by atoms with Crippen molar-refractivity contribution in [2.45, 2.75) is 64.4 Å². The number of hydrogen-bond donors (Lipinski definition) is 3. The second-order valence-electron chi connectivity index (χ2n) is 13.2. The molecule has 1 fully saturated rings. The van der Waals surface area contributed by atoms with Gasteiger partial charge in [0.2, 0.25) is 16.7 Å². The van der Waals surface area contributed by atoms with Crippen LogP contribution in [0, 0.1) is 0 Å². The number of oxime groups is 1. The molecule has 0 radical (unpaired) electrons. The van der Waals surface area contributed by atoms with Gasteiger partial charge in [0.05, 0.1) is 26.8 Å². The molecule has 2 unspecified atom stereocenters. The number of benzene rings is 1. The molecule has 1 aromatic carbocycles. The van der Waals surface area contributed by atoms with Crippen LogP contribution in [0.4, 0.5) is 9.93 Å². The number of fused-ring (bicyclic) bond motifs is 2. The first-order valence-corrected chi connectivity index (χ1v) is 19.0. The third-order valence-electron chi connectivity index (χ3n) is 8.13. The molecular weight excluding hydrogens is 755 g/mol. The molecule has 2 aliphatic rings. The quantitative estimate of drug-likeness (QED) is 0.0551. The number of nitrogens with one attached hydrogen (secondary N) is 2. The van der Waals surface area contributed by atoms with Crippen molar-refractivity contribution in [1.29, 1.82) is 0 Å². The average molecular weight is 795 g/mol. The molecule has 2 aliphatic heterocycles. The van der Waals surface area contributed by atoms with Crippen molar-refractivity contribution in [2.24, 2.45) is 5.16 Å². The first-order valence-electron chi connectivity index (χ1n) is 17.2. The molecule has 0 aliphatic carbocycles. The molecule has 0 saturated carbocycles. The van der Waals surface area contributed by atoms with Gasteiger partial charge in [-0.1, -0.05) is 17.3 Å². The Balaban J connectivity index is 1.24. The number of carbonyl (C=O) groups is 4. The van der Waals surface area contributed by atoms with Gasteiger partial charge in [0.15, 0.2) is 11.8 Å². The number of aromatic nitrogens is 5. The van der Waals surface area contributed by atoms with Crippen molar-refractivity contribution in [3.8, 4) is 5.75 Å². The van der Waals surface area contributed by atoms with Gasteiger partial charge in [-0.3, -0.25) is 24.4 Å². The third-order valence-corrected chi connectivity index (χ3v) is 10.1. The van der Waals surface area contributed by atoms with E-state index in [9.17, 15) is 24.3 Å². The van der Waals surface area contributed by atoms with Gasteiger partial charge in [0, 0.05) is 22.9 Å². The monoisotopic (exact) mass is 794 g/mol. The van der Waals surface area contributed by atoms with Crippen molar-refractivity contribution < 1.29 is 47.9 Å². The maximum absolute atomic E-state index is 13.9. The molecule has 2 atom stereocenters.